The number of carbonyl (C=O) groups is 1. The molecule has 1 amide bonds. The van der Waals surface area contributed by atoms with Gasteiger partial charge in [0.1, 0.15) is 24.2 Å². The van der Waals surface area contributed by atoms with Gasteiger partial charge in [0.15, 0.2) is 0 Å². The number of rotatable bonds is 10. The van der Waals surface area contributed by atoms with Gasteiger partial charge < -0.3 is 15.4 Å². The Morgan fingerprint density at radius 3 is 2.51 bits per heavy atom. The third kappa shape index (κ3) is 6.76. The maximum absolute atomic E-state index is 13.1. The third-order valence-electron chi connectivity index (χ3n) is 5.39. The number of hydrogen-bond donors (Lipinski definition) is 2. The summed E-state index contributed by atoms with van der Waals surface area (Å²) in [5, 5.41) is 19.3. The number of benzene rings is 2. The standard InChI is InChI=1S/C27H26N6O2/c1-33-18-22(16-31-33)19-35-24-11-12-25(30-17-24)32-27(34)26(23-5-3-2-4-6-23)29-14-13-20-7-9-21(15-28)10-8-20/h2-12,16-18,26,29H,13-14,19H2,1H3,(H,30,32,34)/t26-/m1/s1. The zero-order valence-electron chi connectivity index (χ0n) is 19.4. The predicted molar refractivity (Wildman–Crippen MR) is 132 cm³/mol. The summed E-state index contributed by atoms with van der Waals surface area (Å²) in [6, 6.07) is 22.1. The molecular weight excluding hydrogens is 440 g/mol. The Morgan fingerprint density at radius 2 is 1.86 bits per heavy atom. The highest BCUT2D eigenvalue weighted by atomic mass is 16.5. The van der Waals surface area contributed by atoms with Crippen molar-refractivity contribution in [2.45, 2.75) is 19.1 Å². The molecule has 0 saturated heterocycles. The molecule has 176 valence electrons. The van der Waals surface area contributed by atoms with E-state index in [2.05, 4.69) is 26.8 Å². The van der Waals surface area contributed by atoms with Gasteiger partial charge in [-0.25, -0.2) is 4.98 Å². The van der Waals surface area contributed by atoms with E-state index in [0.717, 1.165) is 23.1 Å². The Hall–Kier alpha value is -4.48. The largest absolute Gasteiger partial charge is 0.487 e. The number of carbonyl (C=O) groups excluding carboxylic acids is 1. The predicted octanol–water partition coefficient (Wildman–Crippen LogP) is 3.78. The van der Waals surface area contributed by atoms with Crippen LogP contribution in [0.15, 0.2) is 85.3 Å². The maximum atomic E-state index is 13.1. The number of nitrogens with zero attached hydrogens (tertiary/aromatic N) is 4. The second-order valence-corrected chi connectivity index (χ2v) is 8.04. The highest BCUT2D eigenvalue weighted by molar-refractivity contribution is 5.94. The monoisotopic (exact) mass is 466 g/mol. The molecule has 2 heterocycles. The van der Waals surface area contributed by atoms with E-state index in [1.165, 1.54) is 0 Å². The van der Waals surface area contributed by atoms with E-state index in [4.69, 9.17) is 10.00 Å². The van der Waals surface area contributed by atoms with Gasteiger partial charge in [0, 0.05) is 25.4 Å². The van der Waals surface area contributed by atoms with E-state index in [-0.39, 0.29) is 5.91 Å². The molecule has 0 aliphatic carbocycles. The summed E-state index contributed by atoms with van der Waals surface area (Å²) in [6.45, 7) is 0.980. The molecule has 0 bridgehead atoms. The van der Waals surface area contributed by atoms with E-state index in [1.807, 2.05) is 55.7 Å². The fraction of sp³-hybridized carbons (Fsp3) is 0.185. The Balaban J connectivity index is 1.36. The molecule has 2 aromatic carbocycles. The molecule has 35 heavy (non-hydrogen) atoms. The number of amides is 1. The highest BCUT2D eigenvalue weighted by Gasteiger charge is 2.20. The second-order valence-electron chi connectivity index (χ2n) is 8.04. The summed E-state index contributed by atoms with van der Waals surface area (Å²) in [4.78, 5) is 17.5. The van der Waals surface area contributed by atoms with Gasteiger partial charge in [0.2, 0.25) is 5.91 Å². The molecule has 8 nitrogen and oxygen atoms in total. The molecule has 1 atom stereocenters. The average Bonchev–Trinajstić information content (AvgIpc) is 3.32. The number of hydrogen-bond acceptors (Lipinski definition) is 6. The molecule has 4 rings (SSSR count). The van der Waals surface area contributed by atoms with E-state index in [0.29, 0.717) is 30.3 Å². The van der Waals surface area contributed by atoms with Gasteiger partial charge in [-0.05, 0) is 41.8 Å². The zero-order valence-corrected chi connectivity index (χ0v) is 19.4. The van der Waals surface area contributed by atoms with Crippen LogP contribution in [0.25, 0.3) is 0 Å². The lowest BCUT2D eigenvalue weighted by Crippen LogP contribution is -2.34. The van der Waals surface area contributed by atoms with Gasteiger partial charge in [0.25, 0.3) is 0 Å². The molecule has 0 unspecified atom stereocenters. The second kappa shape index (κ2) is 11.6. The molecule has 0 fully saturated rings. The number of nitriles is 1. The van der Waals surface area contributed by atoms with Crippen molar-refractivity contribution in [2.75, 3.05) is 11.9 Å². The lowest BCUT2D eigenvalue weighted by Gasteiger charge is -2.19. The Kier molecular flexibility index (Phi) is 7.84. The van der Waals surface area contributed by atoms with Gasteiger partial charge in [0.05, 0.1) is 24.0 Å². The fourth-order valence-electron chi connectivity index (χ4n) is 3.57. The Morgan fingerprint density at radius 1 is 1.06 bits per heavy atom. The number of anilines is 1. The van der Waals surface area contributed by atoms with Crippen LogP contribution in [0.3, 0.4) is 0 Å². The minimum atomic E-state index is -0.544. The summed E-state index contributed by atoms with van der Waals surface area (Å²) < 4.78 is 7.45. The number of pyridine rings is 1. The molecule has 0 saturated carbocycles. The van der Waals surface area contributed by atoms with Gasteiger partial charge in [-0.15, -0.1) is 0 Å². The molecule has 4 aromatic rings. The van der Waals surface area contributed by atoms with Gasteiger partial charge in [-0.3, -0.25) is 9.48 Å². The number of ether oxygens (including phenoxy) is 1. The van der Waals surface area contributed by atoms with Gasteiger partial charge in [-0.1, -0.05) is 42.5 Å². The van der Waals surface area contributed by atoms with Crippen molar-refractivity contribution in [3.63, 3.8) is 0 Å². The SMILES string of the molecule is Cn1cc(COc2ccc(NC(=O)[C@H](NCCc3ccc(C#N)cc3)c3ccccc3)nc2)cn1. The van der Waals surface area contributed by atoms with Crippen molar-refractivity contribution < 1.29 is 9.53 Å². The minimum absolute atomic E-state index is 0.201. The van der Waals surface area contributed by atoms with Gasteiger partial charge >= 0.3 is 0 Å². The van der Waals surface area contributed by atoms with Crippen LogP contribution in [0.2, 0.25) is 0 Å². The van der Waals surface area contributed by atoms with E-state index in [9.17, 15) is 4.79 Å². The van der Waals surface area contributed by atoms with Gasteiger partial charge in [-0.2, -0.15) is 10.4 Å². The lowest BCUT2D eigenvalue weighted by atomic mass is 10.1. The summed E-state index contributed by atoms with van der Waals surface area (Å²) in [5.74, 6) is 0.845. The van der Waals surface area contributed by atoms with E-state index < -0.39 is 6.04 Å². The average molecular weight is 467 g/mol. The Bertz CT molecular complexity index is 1280. The normalized spacial score (nSPS) is 11.4. The lowest BCUT2D eigenvalue weighted by molar-refractivity contribution is -0.118. The summed E-state index contributed by atoms with van der Waals surface area (Å²) in [5.41, 5.74) is 3.54. The van der Waals surface area contributed by atoms with Crippen LogP contribution >= 0.6 is 0 Å². The van der Waals surface area contributed by atoms with E-state index in [1.54, 1.807) is 41.3 Å². The van der Waals surface area contributed by atoms with Crippen molar-refractivity contribution in [3.8, 4) is 11.8 Å². The van der Waals surface area contributed by atoms with Crippen molar-refractivity contribution in [1.29, 1.82) is 5.26 Å². The smallest absolute Gasteiger partial charge is 0.247 e. The third-order valence-corrected chi connectivity index (χ3v) is 5.39. The van der Waals surface area contributed by atoms with Crippen LogP contribution < -0.4 is 15.4 Å². The number of nitrogens with one attached hydrogen (secondary N) is 2. The molecule has 8 heteroatoms. The van der Waals surface area contributed by atoms with Crippen LogP contribution in [-0.4, -0.2) is 27.2 Å². The van der Waals surface area contributed by atoms with Crippen molar-refractivity contribution in [3.05, 3.63) is 108 Å². The molecule has 0 aliphatic rings. The van der Waals surface area contributed by atoms with Crippen LogP contribution in [0.4, 0.5) is 5.82 Å². The van der Waals surface area contributed by atoms with Crippen LogP contribution in [0.1, 0.15) is 28.3 Å². The van der Waals surface area contributed by atoms with Crippen LogP contribution in [0.5, 0.6) is 5.75 Å². The van der Waals surface area contributed by atoms with Crippen molar-refractivity contribution >= 4 is 11.7 Å². The minimum Gasteiger partial charge on any atom is -0.487 e. The summed E-state index contributed by atoms with van der Waals surface area (Å²) in [7, 11) is 1.85. The molecule has 0 spiro atoms. The Labute approximate surface area is 204 Å². The van der Waals surface area contributed by atoms with E-state index >= 15 is 0 Å². The summed E-state index contributed by atoms with van der Waals surface area (Å²) >= 11 is 0. The fourth-order valence-corrected chi connectivity index (χ4v) is 3.57. The molecule has 2 N–H and O–H groups in total. The first-order chi connectivity index (χ1) is 17.1. The first-order valence-corrected chi connectivity index (χ1v) is 11.3. The molecule has 0 aliphatic heterocycles. The first-order valence-electron chi connectivity index (χ1n) is 11.3. The maximum Gasteiger partial charge on any atom is 0.247 e. The molecular formula is C27H26N6O2. The molecule has 0 radical (unpaired) electrons. The van der Waals surface area contributed by atoms with Crippen molar-refractivity contribution in [1.82, 2.24) is 20.1 Å². The summed E-state index contributed by atoms with van der Waals surface area (Å²) in [6.07, 6.45) is 5.95. The molecule has 2 aromatic heterocycles. The number of aromatic nitrogens is 3. The van der Waals surface area contributed by atoms with Crippen molar-refractivity contribution in [2.24, 2.45) is 7.05 Å². The highest BCUT2D eigenvalue weighted by Crippen LogP contribution is 2.18. The van der Waals surface area contributed by atoms with Crippen LogP contribution in [-0.2, 0) is 24.9 Å². The topological polar surface area (TPSA) is 105 Å². The zero-order chi connectivity index (χ0) is 24.5. The van der Waals surface area contributed by atoms with Crippen LogP contribution in [0, 0.1) is 11.3 Å². The quantitative estimate of drug-likeness (QED) is 0.369. The first kappa shape index (κ1) is 23.7. The number of aryl methyl sites for hydroxylation is 1.